The minimum Gasteiger partial charge on any atom is -0.309 e. The van der Waals surface area contributed by atoms with Crippen molar-refractivity contribution in [2.75, 3.05) is 20.6 Å². The Hall–Kier alpha value is -1.67. The third-order valence-corrected chi connectivity index (χ3v) is 3.39. The van der Waals surface area contributed by atoms with Crippen LogP contribution in [0.25, 0.3) is 10.8 Å². The molecule has 0 unspecified atom stereocenters. The van der Waals surface area contributed by atoms with Gasteiger partial charge in [0.2, 0.25) is 0 Å². The second-order valence-corrected chi connectivity index (χ2v) is 5.23. The van der Waals surface area contributed by atoms with Crippen molar-refractivity contribution in [2.45, 2.75) is 19.3 Å². The molecule has 0 atom stereocenters. The predicted octanol–water partition coefficient (Wildman–Crippen LogP) is 3.29. The first-order valence-electron chi connectivity index (χ1n) is 6.80. The number of nitrogens with zero attached hydrogens (tertiary/aromatic N) is 1. The maximum atomic E-state index is 11.8. The number of hydrogen-bond acceptors (Lipinski definition) is 2. The molecular weight excluding hydrogens is 234 g/mol. The van der Waals surface area contributed by atoms with Crippen molar-refractivity contribution in [3.8, 4) is 0 Å². The lowest BCUT2D eigenvalue weighted by Crippen LogP contribution is -2.16. The molecule has 0 N–H and O–H groups in total. The first-order chi connectivity index (χ1) is 9.16. The van der Waals surface area contributed by atoms with Gasteiger partial charge >= 0.3 is 0 Å². The van der Waals surface area contributed by atoms with Gasteiger partial charge in [-0.3, -0.25) is 4.79 Å². The Labute approximate surface area is 115 Å². The van der Waals surface area contributed by atoms with Crippen molar-refractivity contribution in [1.82, 2.24) is 4.90 Å². The molecule has 2 aromatic carbocycles. The number of benzene rings is 2. The van der Waals surface area contributed by atoms with Crippen LogP contribution in [0.1, 0.15) is 18.4 Å². The second kappa shape index (κ2) is 6.48. The fourth-order valence-electron chi connectivity index (χ4n) is 2.26. The van der Waals surface area contributed by atoms with E-state index in [0.29, 0.717) is 18.6 Å². The van der Waals surface area contributed by atoms with E-state index in [9.17, 15) is 4.79 Å². The van der Waals surface area contributed by atoms with E-state index < -0.39 is 0 Å². The maximum Gasteiger partial charge on any atom is 0.134 e. The Kier molecular flexibility index (Phi) is 4.69. The highest BCUT2D eigenvalue weighted by Crippen LogP contribution is 2.19. The summed E-state index contributed by atoms with van der Waals surface area (Å²) in [6.45, 7) is 0.842. The van der Waals surface area contributed by atoms with E-state index in [4.69, 9.17) is 0 Å². The SMILES string of the molecule is CN(C)CCC(=O)CCc1cccc2ccccc12. The Balaban J connectivity index is 2.00. The highest BCUT2D eigenvalue weighted by molar-refractivity contribution is 5.86. The molecule has 0 fully saturated rings. The topological polar surface area (TPSA) is 20.3 Å². The molecule has 0 amide bonds. The lowest BCUT2D eigenvalue weighted by molar-refractivity contribution is -0.119. The number of aryl methyl sites for hydroxylation is 1. The molecule has 2 rings (SSSR count). The summed E-state index contributed by atoms with van der Waals surface area (Å²) in [6, 6.07) is 14.7. The van der Waals surface area contributed by atoms with Gasteiger partial charge in [0, 0.05) is 19.4 Å². The second-order valence-electron chi connectivity index (χ2n) is 5.23. The number of fused-ring (bicyclic) bond motifs is 1. The first-order valence-corrected chi connectivity index (χ1v) is 6.80. The molecule has 100 valence electrons. The molecule has 0 aliphatic heterocycles. The van der Waals surface area contributed by atoms with Crippen LogP contribution < -0.4 is 0 Å². The molecule has 0 spiro atoms. The smallest absolute Gasteiger partial charge is 0.134 e. The molecule has 0 bridgehead atoms. The van der Waals surface area contributed by atoms with Gasteiger partial charge < -0.3 is 4.90 Å². The minimum absolute atomic E-state index is 0.349. The number of carbonyl (C=O) groups is 1. The molecule has 2 heteroatoms. The molecule has 2 nitrogen and oxygen atoms in total. The third kappa shape index (κ3) is 3.90. The fraction of sp³-hybridized carbons (Fsp3) is 0.353. The summed E-state index contributed by atoms with van der Waals surface area (Å²) < 4.78 is 0. The number of carbonyl (C=O) groups excluding carboxylic acids is 1. The van der Waals surface area contributed by atoms with Crippen LogP contribution in [0, 0.1) is 0 Å². The summed E-state index contributed by atoms with van der Waals surface area (Å²) in [4.78, 5) is 13.9. The highest BCUT2D eigenvalue weighted by Gasteiger charge is 2.05. The van der Waals surface area contributed by atoms with Crippen LogP contribution >= 0.6 is 0 Å². The van der Waals surface area contributed by atoms with Crippen molar-refractivity contribution in [2.24, 2.45) is 0 Å². The molecule has 0 heterocycles. The van der Waals surface area contributed by atoms with Crippen LogP contribution in [0.4, 0.5) is 0 Å². The van der Waals surface area contributed by atoms with Crippen LogP contribution in [-0.2, 0) is 11.2 Å². The zero-order chi connectivity index (χ0) is 13.7. The fourth-order valence-corrected chi connectivity index (χ4v) is 2.26. The quantitative estimate of drug-likeness (QED) is 0.789. The number of Topliss-reactive ketones (excluding diaryl/α,β-unsaturated/α-hetero) is 1. The average Bonchev–Trinajstić information content (AvgIpc) is 2.42. The van der Waals surface area contributed by atoms with Crippen molar-refractivity contribution >= 4 is 16.6 Å². The summed E-state index contributed by atoms with van der Waals surface area (Å²) in [5.74, 6) is 0.349. The van der Waals surface area contributed by atoms with Crippen LogP contribution in [-0.4, -0.2) is 31.3 Å². The van der Waals surface area contributed by atoms with Gasteiger partial charge in [0.25, 0.3) is 0 Å². The van der Waals surface area contributed by atoms with E-state index in [2.05, 4.69) is 41.3 Å². The average molecular weight is 255 g/mol. The third-order valence-electron chi connectivity index (χ3n) is 3.39. The maximum absolute atomic E-state index is 11.8. The van der Waals surface area contributed by atoms with E-state index in [1.54, 1.807) is 0 Å². The van der Waals surface area contributed by atoms with E-state index in [0.717, 1.165) is 13.0 Å². The van der Waals surface area contributed by atoms with E-state index in [1.807, 2.05) is 20.2 Å². The highest BCUT2D eigenvalue weighted by atomic mass is 16.1. The monoisotopic (exact) mass is 255 g/mol. The van der Waals surface area contributed by atoms with Crippen molar-refractivity contribution in [3.63, 3.8) is 0 Å². The zero-order valence-corrected chi connectivity index (χ0v) is 11.7. The van der Waals surface area contributed by atoms with E-state index in [1.165, 1.54) is 16.3 Å². The Morgan fingerprint density at radius 3 is 2.53 bits per heavy atom. The van der Waals surface area contributed by atoms with Gasteiger partial charge in [0.05, 0.1) is 0 Å². The molecule has 2 aromatic rings. The Morgan fingerprint density at radius 1 is 1.00 bits per heavy atom. The van der Waals surface area contributed by atoms with Gasteiger partial charge in [0.15, 0.2) is 0 Å². The standard InChI is InChI=1S/C17H21NO/c1-18(2)13-12-16(19)11-10-15-8-5-7-14-6-3-4-9-17(14)15/h3-9H,10-13H2,1-2H3. The van der Waals surface area contributed by atoms with Crippen LogP contribution in [0.5, 0.6) is 0 Å². The molecule has 0 aliphatic carbocycles. The number of rotatable bonds is 6. The van der Waals surface area contributed by atoms with Gasteiger partial charge in [0.1, 0.15) is 5.78 Å². The molecule has 0 aromatic heterocycles. The van der Waals surface area contributed by atoms with Crippen molar-refractivity contribution in [3.05, 3.63) is 48.0 Å². The largest absolute Gasteiger partial charge is 0.309 e. The summed E-state index contributed by atoms with van der Waals surface area (Å²) in [6.07, 6.45) is 2.13. The molecular formula is C17H21NO. The molecule has 0 saturated carbocycles. The van der Waals surface area contributed by atoms with Crippen molar-refractivity contribution in [1.29, 1.82) is 0 Å². The summed E-state index contributed by atoms with van der Waals surface area (Å²) in [5.41, 5.74) is 1.27. The predicted molar refractivity (Wildman–Crippen MR) is 80.4 cm³/mol. The molecule has 0 saturated heterocycles. The van der Waals surface area contributed by atoms with Crippen molar-refractivity contribution < 1.29 is 4.79 Å². The normalized spacial score (nSPS) is 11.1. The summed E-state index contributed by atoms with van der Waals surface area (Å²) >= 11 is 0. The zero-order valence-electron chi connectivity index (χ0n) is 11.7. The van der Waals surface area contributed by atoms with Gasteiger partial charge in [-0.05, 0) is 36.9 Å². The Morgan fingerprint density at radius 2 is 1.74 bits per heavy atom. The van der Waals surface area contributed by atoms with Crippen LogP contribution in [0.2, 0.25) is 0 Å². The van der Waals surface area contributed by atoms with E-state index in [-0.39, 0.29) is 0 Å². The van der Waals surface area contributed by atoms with Gasteiger partial charge in [-0.2, -0.15) is 0 Å². The molecule has 0 aliphatic rings. The first kappa shape index (κ1) is 13.8. The van der Waals surface area contributed by atoms with E-state index >= 15 is 0 Å². The number of hydrogen-bond donors (Lipinski definition) is 0. The Bertz CT molecular complexity index is 555. The number of ketones is 1. The van der Waals surface area contributed by atoms with Gasteiger partial charge in [-0.15, -0.1) is 0 Å². The lowest BCUT2D eigenvalue weighted by atomic mass is 9.99. The van der Waals surface area contributed by atoms with Crippen LogP contribution in [0.15, 0.2) is 42.5 Å². The molecule has 0 radical (unpaired) electrons. The van der Waals surface area contributed by atoms with Crippen LogP contribution in [0.3, 0.4) is 0 Å². The van der Waals surface area contributed by atoms with Gasteiger partial charge in [-0.1, -0.05) is 42.5 Å². The van der Waals surface area contributed by atoms with Gasteiger partial charge in [-0.25, -0.2) is 0 Å². The summed E-state index contributed by atoms with van der Waals surface area (Å²) in [7, 11) is 4.00. The molecule has 19 heavy (non-hydrogen) atoms. The summed E-state index contributed by atoms with van der Waals surface area (Å²) in [5, 5.41) is 2.52. The minimum atomic E-state index is 0.349. The lowest BCUT2D eigenvalue weighted by Gasteiger charge is -2.09.